The molecule has 1 aliphatic rings. The summed E-state index contributed by atoms with van der Waals surface area (Å²) >= 11 is 0. The molecule has 0 aromatic heterocycles. The molecule has 1 heterocycles. The summed E-state index contributed by atoms with van der Waals surface area (Å²) in [5.74, 6) is -0.818. The quantitative estimate of drug-likeness (QED) is 0.839. The van der Waals surface area contributed by atoms with E-state index in [1.807, 2.05) is 54.6 Å². The number of ether oxygens (including phenoxy) is 2. The molecule has 26 heavy (non-hydrogen) atoms. The number of nitrogens with two attached hydrogens (primary N) is 1. The van der Waals surface area contributed by atoms with Crippen LogP contribution in [0.2, 0.25) is 0 Å². The lowest BCUT2D eigenvalue weighted by molar-refractivity contribution is -0.232. The zero-order valence-corrected chi connectivity index (χ0v) is 15.4. The van der Waals surface area contributed by atoms with Crippen LogP contribution in [0.1, 0.15) is 23.2 Å². The highest BCUT2D eigenvalue weighted by Crippen LogP contribution is 2.32. The first kappa shape index (κ1) is 18.6. The number of carbonyl (C=O) groups excluding carboxylic acids is 1. The van der Waals surface area contributed by atoms with E-state index in [-0.39, 0.29) is 11.9 Å². The third-order valence-corrected chi connectivity index (χ3v) is 5.23. The van der Waals surface area contributed by atoms with Gasteiger partial charge in [-0.25, -0.2) is 0 Å². The maximum Gasteiger partial charge on any atom is 0.254 e. The molecule has 0 bridgehead atoms. The Morgan fingerprint density at radius 3 is 2.42 bits per heavy atom. The van der Waals surface area contributed by atoms with Crippen LogP contribution in [0.3, 0.4) is 0 Å². The van der Waals surface area contributed by atoms with Gasteiger partial charge in [-0.3, -0.25) is 4.79 Å². The van der Waals surface area contributed by atoms with Gasteiger partial charge in [0.15, 0.2) is 5.79 Å². The number of methoxy groups -OCH3 is 2. The van der Waals surface area contributed by atoms with Crippen LogP contribution in [0.15, 0.2) is 54.6 Å². The van der Waals surface area contributed by atoms with Crippen molar-refractivity contribution in [1.29, 1.82) is 0 Å². The van der Waals surface area contributed by atoms with E-state index >= 15 is 0 Å². The Balaban J connectivity index is 1.97. The highest BCUT2D eigenvalue weighted by atomic mass is 16.7. The second kappa shape index (κ2) is 7.99. The van der Waals surface area contributed by atoms with Crippen molar-refractivity contribution in [2.45, 2.75) is 24.7 Å². The molecule has 138 valence electrons. The predicted octanol–water partition coefficient (Wildman–Crippen LogP) is 2.91. The number of likely N-dealkylation sites (tertiary alicyclic amines) is 1. The molecule has 1 fully saturated rings. The molecule has 1 atom stereocenters. The highest BCUT2D eigenvalue weighted by Gasteiger charge is 2.42. The van der Waals surface area contributed by atoms with Crippen molar-refractivity contribution >= 4 is 5.91 Å². The third-order valence-electron chi connectivity index (χ3n) is 5.23. The summed E-state index contributed by atoms with van der Waals surface area (Å²) in [6.07, 6.45) is 1.46. The fourth-order valence-electron chi connectivity index (χ4n) is 3.60. The number of hydrogen-bond donors (Lipinski definition) is 1. The number of amides is 1. The van der Waals surface area contributed by atoms with Crippen molar-refractivity contribution < 1.29 is 14.3 Å². The van der Waals surface area contributed by atoms with Crippen LogP contribution in [0.4, 0.5) is 0 Å². The maximum absolute atomic E-state index is 13.4. The van der Waals surface area contributed by atoms with Crippen molar-refractivity contribution in [1.82, 2.24) is 4.90 Å². The van der Waals surface area contributed by atoms with Gasteiger partial charge in [0.2, 0.25) is 0 Å². The average molecular weight is 354 g/mol. The van der Waals surface area contributed by atoms with Crippen molar-refractivity contribution in [3.8, 4) is 11.1 Å². The van der Waals surface area contributed by atoms with Gasteiger partial charge in [0, 0.05) is 38.8 Å². The molecule has 2 N–H and O–H groups in total. The van der Waals surface area contributed by atoms with Gasteiger partial charge in [0.1, 0.15) is 0 Å². The molecule has 1 aliphatic heterocycles. The van der Waals surface area contributed by atoms with Crippen molar-refractivity contribution in [2.24, 2.45) is 5.73 Å². The molecule has 3 rings (SSSR count). The van der Waals surface area contributed by atoms with Crippen LogP contribution in [0.5, 0.6) is 0 Å². The van der Waals surface area contributed by atoms with Crippen LogP contribution in [-0.2, 0) is 9.47 Å². The van der Waals surface area contributed by atoms with Gasteiger partial charge in [-0.05, 0) is 23.6 Å². The van der Waals surface area contributed by atoms with Crippen molar-refractivity contribution in [3.05, 3.63) is 60.2 Å². The fraction of sp³-hybridized carbons (Fsp3) is 0.381. The molecule has 1 saturated heterocycles. The molecule has 5 nitrogen and oxygen atoms in total. The number of carbonyl (C=O) groups is 1. The van der Waals surface area contributed by atoms with Crippen molar-refractivity contribution in [3.63, 3.8) is 0 Å². The first-order chi connectivity index (χ1) is 12.6. The highest BCUT2D eigenvalue weighted by molar-refractivity contribution is 6.01. The van der Waals surface area contributed by atoms with Crippen LogP contribution in [0, 0.1) is 0 Å². The number of piperidine rings is 1. The summed E-state index contributed by atoms with van der Waals surface area (Å²) in [6, 6.07) is 17.6. The minimum atomic E-state index is -0.775. The second-order valence-corrected chi connectivity index (χ2v) is 6.59. The average Bonchev–Trinajstić information content (AvgIpc) is 2.73. The third kappa shape index (κ3) is 3.51. The summed E-state index contributed by atoms with van der Waals surface area (Å²) in [4.78, 5) is 15.2. The Kier molecular flexibility index (Phi) is 5.71. The minimum Gasteiger partial charge on any atom is -0.351 e. The molecule has 5 heteroatoms. The molecule has 2 aromatic carbocycles. The Labute approximate surface area is 154 Å². The number of nitrogens with zero attached hydrogens (tertiary/aromatic N) is 1. The predicted molar refractivity (Wildman–Crippen MR) is 102 cm³/mol. The largest absolute Gasteiger partial charge is 0.351 e. The number of rotatable bonds is 5. The molecule has 1 amide bonds. The number of benzene rings is 2. The molecule has 0 saturated carbocycles. The fourth-order valence-corrected chi connectivity index (χ4v) is 3.60. The Bertz CT molecular complexity index is 744. The van der Waals surface area contributed by atoms with Gasteiger partial charge in [0.05, 0.1) is 6.54 Å². The standard InChI is InChI=1S/C21H26N2O3/c1-25-21(26-2)13-12-17(14-22)23(15-21)20(24)19-11-7-6-10-18(19)16-8-4-3-5-9-16/h3-11,17H,12-15,22H2,1-2H3. The topological polar surface area (TPSA) is 64.8 Å². The van der Waals surface area contributed by atoms with E-state index in [4.69, 9.17) is 15.2 Å². The summed E-state index contributed by atoms with van der Waals surface area (Å²) in [5, 5.41) is 0. The molecule has 1 unspecified atom stereocenters. The van der Waals surface area contributed by atoms with Gasteiger partial charge in [-0.1, -0.05) is 48.5 Å². The van der Waals surface area contributed by atoms with Gasteiger partial charge in [-0.2, -0.15) is 0 Å². The maximum atomic E-state index is 13.4. The summed E-state index contributed by atoms with van der Waals surface area (Å²) in [7, 11) is 3.24. The smallest absolute Gasteiger partial charge is 0.254 e. The SMILES string of the molecule is COC1(OC)CCC(CN)N(C(=O)c2ccccc2-c2ccccc2)C1. The van der Waals surface area contributed by atoms with Crippen molar-refractivity contribution in [2.75, 3.05) is 27.3 Å². The lowest BCUT2D eigenvalue weighted by atomic mass is 9.93. The van der Waals surface area contributed by atoms with Crippen LogP contribution < -0.4 is 5.73 Å². The first-order valence-electron chi connectivity index (χ1n) is 8.90. The summed E-state index contributed by atoms with van der Waals surface area (Å²) in [6.45, 7) is 0.784. The zero-order chi connectivity index (χ0) is 18.6. The lowest BCUT2D eigenvalue weighted by Crippen LogP contribution is -2.58. The van der Waals surface area contributed by atoms with Gasteiger partial charge in [0.25, 0.3) is 5.91 Å². The molecule has 0 radical (unpaired) electrons. The van der Waals surface area contributed by atoms with E-state index in [0.29, 0.717) is 25.1 Å². The van der Waals surface area contributed by atoms with E-state index in [2.05, 4.69) is 0 Å². The molecular weight excluding hydrogens is 328 g/mol. The van der Waals surface area contributed by atoms with Crippen LogP contribution in [-0.4, -0.2) is 49.9 Å². The monoisotopic (exact) mass is 354 g/mol. The normalized spacial score (nSPS) is 19.3. The first-order valence-corrected chi connectivity index (χ1v) is 8.90. The summed E-state index contributed by atoms with van der Waals surface area (Å²) in [5.41, 5.74) is 8.55. The van der Waals surface area contributed by atoms with E-state index in [1.165, 1.54) is 0 Å². The molecule has 2 aromatic rings. The number of hydrogen-bond acceptors (Lipinski definition) is 4. The van der Waals surface area contributed by atoms with Crippen LogP contribution in [0.25, 0.3) is 11.1 Å². The Morgan fingerprint density at radius 1 is 1.12 bits per heavy atom. The molecular formula is C21H26N2O3. The van der Waals surface area contributed by atoms with Crippen LogP contribution >= 0.6 is 0 Å². The van der Waals surface area contributed by atoms with E-state index < -0.39 is 5.79 Å². The lowest BCUT2D eigenvalue weighted by Gasteiger charge is -2.45. The van der Waals surface area contributed by atoms with Gasteiger partial charge >= 0.3 is 0 Å². The minimum absolute atomic E-state index is 0.0234. The Morgan fingerprint density at radius 2 is 1.77 bits per heavy atom. The van der Waals surface area contributed by atoms with Gasteiger partial charge in [-0.15, -0.1) is 0 Å². The zero-order valence-electron chi connectivity index (χ0n) is 15.4. The summed E-state index contributed by atoms with van der Waals surface area (Å²) < 4.78 is 11.2. The Hall–Kier alpha value is -2.21. The second-order valence-electron chi connectivity index (χ2n) is 6.59. The van der Waals surface area contributed by atoms with Gasteiger partial charge < -0.3 is 20.1 Å². The molecule has 0 aliphatic carbocycles. The van der Waals surface area contributed by atoms with E-state index in [0.717, 1.165) is 17.5 Å². The molecule has 0 spiro atoms. The van der Waals surface area contributed by atoms with E-state index in [9.17, 15) is 4.79 Å². The van der Waals surface area contributed by atoms with E-state index in [1.54, 1.807) is 19.1 Å².